The highest BCUT2D eigenvalue weighted by atomic mass is 32.2. The van der Waals surface area contributed by atoms with E-state index in [9.17, 15) is 18.0 Å². The molecule has 4 rings (SSSR count). The third-order valence-electron chi connectivity index (χ3n) is 6.46. The Bertz CT molecular complexity index is 976. The van der Waals surface area contributed by atoms with E-state index in [4.69, 9.17) is 14.2 Å². The first-order valence-electron chi connectivity index (χ1n) is 11.3. The number of amides is 2. The fraction of sp³-hybridized carbons (Fsp3) is 0.636. The molecule has 2 saturated heterocycles. The van der Waals surface area contributed by atoms with Crippen LogP contribution in [0.4, 0.5) is 5.69 Å². The van der Waals surface area contributed by atoms with E-state index in [1.165, 1.54) is 0 Å². The van der Waals surface area contributed by atoms with Gasteiger partial charge in [-0.25, -0.2) is 8.42 Å². The van der Waals surface area contributed by atoms with Crippen LogP contribution in [0.25, 0.3) is 0 Å². The summed E-state index contributed by atoms with van der Waals surface area (Å²) in [6.07, 6.45) is 1.78. The van der Waals surface area contributed by atoms with Crippen molar-refractivity contribution in [3.63, 3.8) is 0 Å². The first-order chi connectivity index (χ1) is 15.8. The summed E-state index contributed by atoms with van der Waals surface area (Å²) in [4.78, 5) is 29.4. The molecule has 0 unspecified atom stereocenters. The second-order valence-electron chi connectivity index (χ2n) is 8.74. The average Bonchev–Trinajstić information content (AvgIpc) is 3.40. The Balaban J connectivity index is 1.27. The Labute approximate surface area is 194 Å². The number of anilines is 1. The molecule has 2 amide bonds. The lowest BCUT2D eigenvalue weighted by molar-refractivity contribution is -0.135. The molecule has 10 nitrogen and oxygen atoms in total. The lowest BCUT2D eigenvalue weighted by Crippen LogP contribution is -2.49. The van der Waals surface area contributed by atoms with Crippen molar-refractivity contribution in [3.8, 4) is 11.5 Å². The van der Waals surface area contributed by atoms with Crippen molar-refractivity contribution in [3.05, 3.63) is 18.2 Å². The molecule has 0 aromatic heterocycles. The number of nitrogens with one attached hydrogen (secondary N) is 1. The fourth-order valence-electron chi connectivity index (χ4n) is 4.58. The summed E-state index contributed by atoms with van der Waals surface area (Å²) in [7, 11) is -1.52. The number of rotatable bonds is 8. The number of nitrogens with zero attached hydrogens (tertiary/aromatic N) is 2. The molecule has 1 atom stereocenters. The first kappa shape index (κ1) is 23.8. The Morgan fingerprint density at radius 3 is 2.64 bits per heavy atom. The van der Waals surface area contributed by atoms with Crippen LogP contribution in [0, 0.1) is 5.92 Å². The minimum absolute atomic E-state index is 0.0184. The van der Waals surface area contributed by atoms with Crippen LogP contribution in [0.5, 0.6) is 11.5 Å². The molecule has 1 aromatic rings. The van der Waals surface area contributed by atoms with E-state index in [1.54, 1.807) is 30.2 Å². The first-order valence-corrected chi connectivity index (χ1v) is 13.1. The number of sulfone groups is 1. The molecule has 33 heavy (non-hydrogen) atoms. The number of methoxy groups -OCH3 is 1. The number of carbonyl (C=O) groups excluding carboxylic acids is 2. The zero-order valence-corrected chi connectivity index (χ0v) is 19.6. The number of piperidine rings is 1. The summed E-state index contributed by atoms with van der Waals surface area (Å²) in [5.41, 5.74) is 0.669. The van der Waals surface area contributed by atoms with Crippen molar-refractivity contribution in [1.82, 2.24) is 9.80 Å². The molecule has 3 heterocycles. The average molecular weight is 482 g/mol. The molecule has 3 aliphatic heterocycles. The molecule has 1 aromatic carbocycles. The van der Waals surface area contributed by atoms with Gasteiger partial charge in [0.15, 0.2) is 21.3 Å². The van der Waals surface area contributed by atoms with Crippen LogP contribution >= 0.6 is 0 Å². The SMILES string of the molecule is COCCN(C(=O)CN1CCC(C(=O)Nc2ccc3c(c2)OCO3)CC1)[C@H]1CCS(=O)(=O)C1. The van der Waals surface area contributed by atoms with Gasteiger partial charge >= 0.3 is 0 Å². The van der Waals surface area contributed by atoms with Gasteiger partial charge in [-0.1, -0.05) is 0 Å². The molecule has 0 radical (unpaired) electrons. The summed E-state index contributed by atoms with van der Waals surface area (Å²) >= 11 is 0. The zero-order valence-electron chi connectivity index (χ0n) is 18.8. The summed E-state index contributed by atoms with van der Waals surface area (Å²) in [6.45, 7) is 2.41. The van der Waals surface area contributed by atoms with E-state index in [1.807, 2.05) is 4.90 Å². The topological polar surface area (TPSA) is 114 Å². The van der Waals surface area contributed by atoms with E-state index < -0.39 is 9.84 Å². The van der Waals surface area contributed by atoms with Crippen molar-refractivity contribution in [2.24, 2.45) is 5.92 Å². The number of hydrogen-bond donors (Lipinski definition) is 1. The van der Waals surface area contributed by atoms with E-state index in [2.05, 4.69) is 5.32 Å². The minimum atomic E-state index is -3.09. The van der Waals surface area contributed by atoms with Gasteiger partial charge in [-0.15, -0.1) is 0 Å². The molecule has 2 fully saturated rings. The highest BCUT2D eigenvalue weighted by Crippen LogP contribution is 2.34. The number of fused-ring (bicyclic) bond motifs is 1. The predicted octanol–water partition coefficient (Wildman–Crippen LogP) is 0.728. The lowest BCUT2D eigenvalue weighted by Gasteiger charge is -2.34. The molecule has 182 valence electrons. The Kier molecular flexibility index (Phi) is 7.40. The van der Waals surface area contributed by atoms with E-state index in [0.29, 0.717) is 62.7 Å². The monoisotopic (exact) mass is 481 g/mol. The quantitative estimate of drug-likeness (QED) is 0.578. The highest BCUT2D eigenvalue weighted by molar-refractivity contribution is 7.91. The van der Waals surface area contributed by atoms with Crippen molar-refractivity contribution in [1.29, 1.82) is 0 Å². The number of carbonyl (C=O) groups is 2. The van der Waals surface area contributed by atoms with E-state index >= 15 is 0 Å². The van der Waals surface area contributed by atoms with Gasteiger partial charge in [-0.05, 0) is 44.5 Å². The second-order valence-corrected chi connectivity index (χ2v) is 11.0. The number of likely N-dealkylation sites (tertiary alicyclic amines) is 1. The summed E-state index contributed by atoms with van der Waals surface area (Å²) in [5.74, 6) is 1.17. The van der Waals surface area contributed by atoms with Crippen molar-refractivity contribution in [2.75, 3.05) is 63.5 Å². The molecule has 0 aliphatic carbocycles. The molecular weight excluding hydrogens is 450 g/mol. The largest absolute Gasteiger partial charge is 0.454 e. The standard InChI is InChI=1S/C22H31N3O7S/c1-30-10-9-25(18-6-11-33(28,29)14-18)21(26)13-24-7-4-16(5-8-24)22(27)23-17-2-3-19-20(12-17)32-15-31-19/h2-3,12,16,18H,4-11,13-15H2,1H3,(H,23,27)/t18-/m0/s1. The zero-order chi connectivity index (χ0) is 23.4. The maximum atomic E-state index is 13.0. The van der Waals surface area contributed by atoms with E-state index in [-0.39, 0.29) is 48.6 Å². The van der Waals surface area contributed by atoms with Crippen LogP contribution in [0.2, 0.25) is 0 Å². The third kappa shape index (κ3) is 5.96. The maximum absolute atomic E-state index is 13.0. The number of hydrogen-bond acceptors (Lipinski definition) is 8. The smallest absolute Gasteiger partial charge is 0.237 e. The molecule has 11 heteroatoms. The van der Waals surface area contributed by atoms with Crippen LogP contribution < -0.4 is 14.8 Å². The predicted molar refractivity (Wildman–Crippen MR) is 121 cm³/mol. The fourth-order valence-corrected chi connectivity index (χ4v) is 6.31. The van der Waals surface area contributed by atoms with Crippen molar-refractivity contribution < 1.29 is 32.2 Å². The molecule has 3 aliphatic rings. The van der Waals surface area contributed by atoms with Crippen molar-refractivity contribution >= 4 is 27.3 Å². The Morgan fingerprint density at radius 2 is 1.94 bits per heavy atom. The Hall–Kier alpha value is -2.37. The van der Waals surface area contributed by atoms with Crippen LogP contribution in [-0.4, -0.2) is 94.3 Å². The van der Waals surface area contributed by atoms with Gasteiger partial charge in [-0.2, -0.15) is 0 Å². The normalized spacial score (nSPS) is 22.3. The molecule has 0 bridgehead atoms. The lowest BCUT2D eigenvalue weighted by atomic mass is 9.95. The van der Waals surface area contributed by atoms with Gasteiger partial charge in [0.2, 0.25) is 18.6 Å². The van der Waals surface area contributed by atoms with Gasteiger partial charge in [0.25, 0.3) is 0 Å². The molecule has 0 saturated carbocycles. The van der Waals surface area contributed by atoms with Gasteiger partial charge in [0, 0.05) is 37.4 Å². The number of ether oxygens (including phenoxy) is 3. The summed E-state index contributed by atoms with van der Waals surface area (Å²) in [5, 5.41) is 2.94. The maximum Gasteiger partial charge on any atom is 0.237 e. The van der Waals surface area contributed by atoms with Gasteiger partial charge in [0.05, 0.1) is 24.7 Å². The highest BCUT2D eigenvalue weighted by Gasteiger charge is 2.35. The van der Waals surface area contributed by atoms with Gasteiger partial charge in [-0.3, -0.25) is 14.5 Å². The Morgan fingerprint density at radius 1 is 1.18 bits per heavy atom. The van der Waals surface area contributed by atoms with Gasteiger partial charge < -0.3 is 24.4 Å². The third-order valence-corrected chi connectivity index (χ3v) is 8.21. The molecule has 0 spiro atoms. The van der Waals surface area contributed by atoms with Crippen LogP contribution in [0.1, 0.15) is 19.3 Å². The van der Waals surface area contributed by atoms with E-state index in [0.717, 1.165) is 0 Å². The van der Waals surface area contributed by atoms with Crippen molar-refractivity contribution in [2.45, 2.75) is 25.3 Å². The van der Waals surface area contributed by atoms with Crippen LogP contribution in [0.15, 0.2) is 18.2 Å². The minimum Gasteiger partial charge on any atom is -0.454 e. The summed E-state index contributed by atoms with van der Waals surface area (Å²) < 4.78 is 39.5. The molecular formula is C22H31N3O7S. The number of benzene rings is 1. The van der Waals surface area contributed by atoms with Crippen LogP contribution in [0.3, 0.4) is 0 Å². The second kappa shape index (κ2) is 10.3. The van der Waals surface area contributed by atoms with Gasteiger partial charge in [0.1, 0.15) is 0 Å². The molecule has 1 N–H and O–H groups in total. The summed E-state index contributed by atoms with van der Waals surface area (Å²) in [6, 6.07) is 5.03. The van der Waals surface area contributed by atoms with Crippen LogP contribution in [-0.2, 0) is 24.2 Å².